The summed E-state index contributed by atoms with van der Waals surface area (Å²) in [6.07, 6.45) is 9.38. The third kappa shape index (κ3) is 8.13. The highest BCUT2D eigenvalue weighted by molar-refractivity contribution is 5.92. The molecule has 0 unspecified atom stereocenters. The van der Waals surface area contributed by atoms with Gasteiger partial charge in [0.25, 0.3) is 5.69 Å². The van der Waals surface area contributed by atoms with Crippen LogP contribution in [0.4, 0.5) is 5.69 Å². The third-order valence-electron chi connectivity index (χ3n) is 5.17. The molecule has 0 aliphatic rings. The summed E-state index contributed by atoms with van der Waals surface area (Å²) in [5.41, 5.74) is 0.766. The van der Waals surface area contributed by atoms with E-state index in [4.69, 9.17) is 9.47 Å². The van der Waals surface area contributed by atoms with Crippen LogP contribution < -0.4 is 4.74 Å². The van der Waals surface area contributed by atoms with Crippen molar-refractivity contribution in [3.63, 3.8) is 0 Å². The molecule has 7 heteroatoms. The quantitative estimate of drug-likeness (QED) is 0.117. The Labute approximate surface area is 188 Å². The van der Waals surface area contributed by atoms with Gasteiger partial charge in [-0.15, -0.1) is 0 Å². The monoisotopic (exact) mass is 441 g/mol. The fraction of sp³-hybridized carbons (Fsp3) is 0.440. The molecule has 32 heavy (non-hydrogen) atoms. The van der Waals surface area contributed by atoms with Crippen LogP contribution in [0.1, 0.15) is 84.6 Å². The average molecular weight is 442 g/mol. The van der Waals surface area contributed by atoms with Gasteiger partial charge in [0, 0.05) is 11.6 Å². The van der Waals surface area contributed by atoms with E-state index in [1.807, 2.05) is 0 Å². The van der Waals surface area contributed by atoms with Crippen molar-refractivity contribution in [2.75, 3.05) is 6.61 Å². The van der Waals surface area contributed by atoms with Crippen molar-refractivity contribution < 1.29 is 24.0 Å². The molecule has 0 amide bonds. The van der Waals surface area contributed by atoms with E-state index in [0.717, 1.165) is 19.3 Å². The smallest absolute Gasteiger partial charge is 0.343 e. The standard InChI is InChI=1S/C25H31NO6/c1-3-4-5-6-7-8-9-10-17-31-24(27)20-13-15-22(16-14-20)32-25(28)21-12-11-19(2)23(18-21)26(29)30/h11-16,18H,3-10,17H2,1-2H3. The summed E-state index contributed by atoms with van der Waals surface area (Å²) in [4.78, 5) is 34.9. The van der Waals surface area contributed by atoms with Crippen LogP contribution in [-0.4, -0.2) is 23.5 Å². The van der Waals surface area contributed by atoms with Gasteiger partial charge in [-0.1, -0.05) is 57.9 Å². The summed E-state index contributed by atoms with van der Waals surface area (Å²) in [6.45, 7) is 4.19. The molecule has 0 aromatic heterocycles. The number of nitro groups is 1. The summed E-state index contributed by atoms with van der Waals surface area (Å²) < 4.78 is 10.6. The van der Waals surface area contributed by atoms with Gasteiger partial charge in [-0.2, -0.15) is 0 Å². The highest BCUT2D eigenvalue weighted by Gasteiger charge is 2.17. The number of rotatable bonds is 13. The number of aryl methyl sites for hydroxylation is 1. The van der Waals surface area contributed by atoms with Crippen LogP contribution in [-0.2, 0) is 4.74 Å². The van der Waals surface area contributed by atoms with Crippen LogP contribution >= 0.6 is 0 Å². The number of carbonyl (C=O) groups excluding carboxylic acids is 2. The molecule has 0 aliphatic carbocycles. The molecule has 0 aliphatic heterocycles. The van der Waals surface area contributed by atoms with E-state index in [2.05, 4.69) is 6.92 Å². The predicted molar refractivity (Wildman–Crippen MR) is 122 cm³/mol. The van der Waals surface area contributed by atoms with Crippen molar-refractivity contribution in [2.45, 2.75) is 65.2 Å². The van der Waals surface area contributed by atoms with E-state index in [1.165, 1.54) is 74.6 Å². The van der Waals surface area contributed by atoms with Crippen molar-refractivity contribution in [2.24, 2.45) is 0 Å². The predicted octanol–water partition coefficient (Wildman–Crippen LogP) is 6.42. The number of esters is 2. The number of carbonyl (C=O) groups is 2. The van der Waals surface area contributed by atoms with E-state index in [0.29, 0.717) is 17.7 Å². The number of hydrogen-bond acceptors (Lipinski definition) is 6. The first-order valence-corrected chi connectivity index (χ1v) is 11.2. The van der Waals surface area contributed by atoms with Crippen LogP contribution in [0.5, 0.6) is 5.75 Å². The molecule has 0 saturated heterocycles. The van der Waals surface area contributed by atoms with Gasteiger partial charge in [0.15, 0.2) is 0 Å². The van der Waals surface area contributed by atoms with Gasteiger partial charge in [0.1, 0.15) is 5.75 Å². The van der Waals surface area contributed by atoms with Crippen LogP contribution in [0.15, 0.2) is 42.5 Å². The Bertz CT molecular complexity index is 907. The molecular formula is C25H31NO6. The SMILES string of the molecule is CCCCCCCCCCOC(=O)c1ccc(OC(=O)c2ccc(C)c([N+](=O)[O-])c2)cc1. The molecule has 0 bridgehead atoms. The highest BCUT2D eigenvalue weighted by atomic mass is 16.6. The Morgan fingerprint density at radius 3 is 2.06 bits per heavy atom. The highest BCUT2D eigenvalue weighted by Crippen LogP contribution is 2.21. The van der Waals surface area contributed by atoms with Crippen LogP contribution in [0.25, 0.3) is 0 Å². The molecule has 0 saturated carbocycles. The molecule has 0 spiro atoms. The van der Waals surface area contributed by atoms with Crippen molar-refractivity contribution in [1.82, 2.24) is 0 Å². The van der Waals surface area contributed by atoms with E-state index < -0.39 is 16.9 Å². The Balaban J connectivity index is 1.76. The minimum Gasteiger partial charge on any atom is -0.462 e. The number of ether oxygens (including phenoxy) is 2. The summed E-state index contributed by atoms with van der Waals surface area (Å²) in [7, 11) is 0. The molecule has 0 radical (unpaired) electrons. The maximum atomic E-state index is 12.3. The summed E-state index contributed by atoms with van der Waals surface area (Å²) in [6, 6.07) is 10.2. The van der Waals surface area contributed by atoms with Gasteiger partial charge < -0.3 is 9.47 Å². The molecule has 0 atom stereocenters. The van der Waals surface area contributed by atoms with Gasteiger partial charge in [0.05, 0.1) is 22.7 Å². The molecular weight excluding hydrogens is 410 g/mol. The van der Waals surface area contributed by atoms with Gasteiger partial charge in [-0.25, -0.2) is 9.59 Å². The first-order chi connectivity index (χ1) is 15.4. The van der Waals surface area contributed by atoms with Crippen molar-refractivity contribution >= 4 is 17.6 Å². The third-order valence-corrected chi connectivity index (χ3v) is 5.17. The topological polar surface area (TPSA) is 95.7 Å². The number of nitro benzene ring substituents is 1. The van der Waals surface area contributed by atoms with E-state index in [-0.39, 0.29) is 17.0 Å². The van der Waals surface area contributed by atoms with E-state index in [9.17, 15) is 19.7 Å². The second-order valence-corrected chi connectivity index (χ2v) is 7.78. The van der Waals surface area contributed by atoms with Gasteiger partial charge in [0.2, 0.25) is 0 Å². The van der Waals surface area contributed by atoms with E-state index in [1.54, 1.807) is 6.92 Å². The Kier molecular flexibility index (Phi) is 10.4. The molecule has 2 rings (SSSR count). The van der Waals surface area contributed by atoms with Gasteiger partial charge >= 0.3 is 11.9 Å². The Morgan fingerprint density at radius 1 is 0.844 bits per heavy atom. The first kappa shape index (κ1) is 25.0. The molecule has 2 aromatic rings. The van der Waals surface area contributed by atoms with Crippen molar-refractivity contribution in [3.8, 4) is 5.75 Å². The molecule has 7 nitrogen and oxygen atoms in total. The number of nitrogens with zero attached hydrogens (tertiary/aromatic N) is 1. The minimum atomic E-state index is -0.710. The minimum absolute atomic E-state index is 0.0798. The maximum Gasteiger partial charge on any atom is 0.343 e. The lowest BCUT2D eigenvalue weighted by Crippen LogP contribution is -2.10. The zero-order valence-electron chi connectivity index (χ0n) is 18.8. The van der Waals surface area contributed by atoms with Crippen LogP contribution in [0.3, 0.4) is 0 Å². The normalized spacial score (nSPS) is 10.6. The largest absolute Gasteiger partial charge is 0.462 e. The van der Waals surface area contributed by atoms with Crippen molar-refractivity contribution in [1.29, 1.82) is 0 Å². The molecule has 0 heterocycles. The second kappa shape index (κ2) is 13.2. The lowest BCUT2D eigenvalue weighted by atomic mass is 10.1. The number of unbranched alkanes of at least 4 members (excludes halogenated alkanes) is 7. The number of benzene rings is 2. The fourth-order valence-electron chi connectivity index (χ4n) is 3.24. The molecule has 172 valence electrons. The molecule has 0 fully saturated rings. The molecule has 2 aromatic carbocycles. The Morgan fingerprint density at radius 2 is 1.44 bits per heavy atom. The van der Waals surface area contributed by atoms with Gasteiger partial charge in [-0.3, -0.25) is 10.1 Å². The maximum absolute atomic E-state index is 12.3. The molecule has 0 N–H and O–H groups in total. The summed E-state index contributed by atoms with van der Waals surface area (Å²) in [5, 5.41) is 11.0. The first-order valence-electron chi connectivity index (χ1n) is 11.2. The summed E-state index contributed by atoms with van der Waals surface area (Å²) >= 11 is 0. The lowest BCUT2D eigenvalue weighted by Gasteiger charge is -2.07. The average Bonchev–Trinajstić information content (AvgIpc) is 2.78. The van der Waals surface area contributed by atoms with Crippen LogP contribution in [0, 0.1) is 17.0 Å². The zero-order chi connectivity index (χ0) is 23.3. The van der Waals surface area contributed by atoms with Crippen molar-refractivity contribution in [3.05, 3.63) is 69.3 Å². The van der Waals surface area contributed by atoms with E-state index >= 15 is 0 Å². The van der Waals surface area contributed by atoms with Crippen LogP contribution in [0.2, 0.25) is 0 Å². The Hall–Kier alpha value is -3.22. The number of hydrogen-bond donors (Lipinski definition) is 0. The zero-order valence-corrected chi connectivity index (χ0v) is 18.8. The fourth-order valence-corrected chi connectivity index (χ4v) is 3.24. The lowest BCUT2D eigenvalue weighted by molar-refractivity contribution is -0.385. The summed E-state index contributed by atoms with van der Waals surface area (Å²) in [5.74, 6) is -0.893. The second-order valence-electron chi connectivity index (χ2n) is 7.78. The van der Waals surface area contributed by atoms with Gasteiger partial charge in [-0.05, 0) is 43.7 Å².